The number of hydrogen-bond donors (Lipinski definition) is 2. The molecule has 0 bridgehead atoms. The molecule has 2 rings (SSSR count). The maximum Gasteiger partial charge on any atom is 0.319 e. The largest absolute Gasteiger partial charge is 0.338 e. The van der Waals surface area contributed by atoms with E-state index >= 15 is 0 Å². The van der Waals surface area contributed by atoms with Crippen molar-refractivity contribution in [3.05, 3.63) is 47.2 Å². The van der Waals surface area contributed by atoms with Crippen molar-refractivity contribution in [2.45, 2.75) is 20.4 Å². The van der Waals surface area contributed by atoms with Crippen LogP contribution in [0.2, 0.25) is 5.02 Å². The molecular formula is C15H19ClN4O. The Morgan fingerprint density at radius 3 is 2.90 bits per heavy atom. The molecule has 0 fully saturated rings. The zero-order valence-electron chi connectivity index (χ0n) is 12.1. The van der Waals surface area contributed by atoms with Crippen LogP contribution in [0.25, 0.3) is 0 Å². The monoisotopic (exact) mass is 306 g/mol. The SMILES string of the molecule is Cc1ccn(C[C@H](C)CNC(=O)Nc2cccc(Cl)c2)n1. The summed E-state index contributed by atoms with van der Waals surface area (Å²) in [5.41, 5.74) is 1.67. The lowest BCUT2D eigenvalue weighted by atomic mass is 10.2. The van der Waals surface area contributed by atoms with E-state index < -0.39 is 0 Å². The smallest absolute Gasteiger partial charge is 0.319 e. The quantitative estimate of drug-likeness (QED) is 0.890. The zero-order chi connectivity index (χ0) is 15.2. The van der Waals surface area contributed by atoms with E-state index in [2.05, 4.69) is 22.7 Å². The number of nitrogens with zero attached hydrogens (tertiary/aromatic N) is 2. The summed E-state index contributed by atoms with van der Waals surface area (Å²) < 4.78 is 1.89. The molecule has 5 nitrogen and oxygen atoms in total. The number of rotatable bonds is 5. The lowest BCUT2D eigenvalue weighted by molar-refractivity contribution is 0.249. The van der Waals surface area contributed by atoms with Crippen LogP contribution in [0.4, 0.5) is 10.5 Å². The highest BCUT2D eigenvalue weighted by Gasteiger charge is 2.07. The molecule has 0 saturated carbocycles. The molecule has 0 spiro atoms. The lowest BCUT2D eigenvalue weighted by Gasteiger charge is -2.13. The molecule has 0 aliphatic carbocycles. The van der Waals surface area contributed by atoms with Crippen molar-refractivity contribution in [1.82, 2.24) is 15.1 Å². The van der Waals surface area contributed by atoms with Crippen LogP contribution < -0.4 is 10.6 Å². The van der Waals surface area contributed by atoms with Crippen LogP contribution in [-0.4, -0.2) is 22.4 Å². The number of amides is 2. The first-order chi connectivity index (χ1) is 10.0. The van der Waals surface area contributed by atoms with Crippen LogP contribution in [0, 0.1) is 12.8 Å². The second-order valence-electron chi connectivity index (χ2n) is 5.13. The molecule has 0 radical (unpaired) electrons. The first-order valence-corrected chi connectivity index (χ1v) is 7.21. The van der Waals surface area contributed by atoms with Crippen LogP contribution in [0.1, 0.15) is 12.6 Å². The van der Waals surface area contributed by atoms with E-state index in [0.717, 1.165) is 12.2 Å². The first-order valence-electron chi connectivity index (χ1n) is 6.83. The predicted octanol–water partition coefficient (Wildman–Crippen LogP) is 3.30. The van der Waals surface area contributed by atoms with Gasteiger partial charge in [0.25, 0.3) is 0 Å². The highest BCUT2D eigenvalue weighted by atomic mass is 35.5. The van der Waals surface area contributed by atoms with E-state index in [-0.39, 0.29) is 11.9 Å². The summed E-state index contributed by atoms with van der Waals surface area (Å²) >= 11 is 5.87. The van der Waals surface area contributed by atoms with Crippen molar-refractivity contribution >= 4 is 23.3 Å². The lowest BCUT2D eigenvalue weighted by Crippen LogP contribution is -2.33. The molecule has 2 amide bonds. The highest BCUT2D eigenvalue weighted by molar-refractivity contribution is 6.30. The summed E-state index contributed by atoms with van der Waals surface area (Å²) in [6, 6.07) is 8.78. The van der Waals surface area contributed by atoms with Gasteiger partial charge in [-0.05, 0) is 37.1 Å². The molecule has 0 saturated heterocycles. The van der Waals surface area contributed by atoms with Crippen LogP contribution in [0.15, 0.2) is 36.5 Å². The van der Waals surface area contributed by atoms with E-state index in [1.54, 1.807) is 24.3 Å². The van der Waals surface area contributed by atoms with Crippen molar-refractivity contribution in [2.24, 2.45) is 5.92 Å². The van der Waals surface area contributed by atoms with Crippen molar-refractivity contribution in [2.75, 3.05) is 11.9 Å². The van der Waals surface area contributed by atoms with Crippen molar-refractivity contribution < 1.29 is 4.79 Å². The minimum atomic E-state index is -0.235. The summed E-state index contributed by atoms with van der Waals surface area (Å²) in [5, 5.41) is 10.5. The number of urea groups is 1. The number of carbonyl (C=O) groups excluding carboxylic acids is 1. The normalized spacial score (nSPS) is 12.0. The van der Waals surface area contributed by atoms with Gasteiger partial charge in [-0.3, -0.25) is 4.68 Å². The summed E-state index contributed by atoms with van der Waals surface area (Å²) in [6.07, 6.45) is 1.94. The topological polar surface area (TPSA) is 59.0 Å². The number of aromatic nitrogens is 2. The van der Waals surface area contributed by atoms with E-state index in [4.69, 9.17) is 11.6 Å². The van der Waals surface area contributed by atoms with Gasteiger partial charge in [-0.2, -0.15) is 5.10 Å². The molecule has 112 valence electrons. The molecule has 1 aromatic carbocycles. The van der Waals surface area contributed by atoms with Gasteiger partial charge in [0.05, 0.1) is 5.69 Å². The highest BCUT2D eigenvalue weighted by Crippen LogP contribution is 2.14. The Hall–Kier alpha value is -2.01. The Morgan fingerprint density at radius 2 is 2.24 bits per heavy atom. The summed E-state index contributed by atoms with van der Waals surface area (Å²) in [6.45, 7) is 5.37. The molecule has 1 atom stereocenters. The van der Waals surface area contributed by atoms with Gasteiger partial charge >= 0.3 is 6.03 Å². The fourth-order valence-corrected chi connectivity index (χ4v) is 2.15. The van der Waals surface area contributed by atoms with Gasteiger partial charge < -0.3 is 10.6 Å². The molecule has 6 heteroatoms. The van der Waals surface area contributed by atoms with E-state index in [1.165, 1.54) is 0 Å². The number of aryl methyl sites for hydroxylation is 1. The van der Waals surface area contributed by atoms with Crippen LogP contribution in [0.5, 0.6) is 0 Å². The minimum Gasteiger partial charge on any atom is -0.338 e. The van der Waals surface area contributed by atoms with Gasteiger partial charge in [-0.1, -0.05) is 24.6 Å². The fourth-order valence-electron chi connectivity index (χ4n) is 1.96. The molecule has 2 aromatic rings. The van der Waals surface area contributed by atoms with E-state index in [9.17, 15) is 4.79 Å². The Morgan fingerprint density at radius 1 is 1.43 bits per heavy atom. The maximum absolute atomic E-state index is 11.8. The zero-order valence-corrected chi connectivity index (χ0v) is 12.9. The minimum absolute atomic E-state index is 0.235. The van der Waals surface area contributed by atoms with Crippen molar-refractivity contribution in [3.8, 4) is 0 Å². The fraction of sp³-hybridized carbons (Fsp3) is 0.333. The molecule has 1 aromatic heterocycles. The van der Waals surface area contributed by atoms with E-state index in [1.807, 2.05) is 23.9 Å². The van der Waals surface area contributed by atoms with Gasteiger partial charge in [0.1, 0.15) is 0 Å². The number of halogens is 1. The van der Waals surface area contributed by atoms with Gasteiger partial charge in [0.2, 0.25) is 0 Å². The third kappa shape index (κ3) is 5.11. The van der Waals surface area contributed by atoms with E-state index in [0.29, 0.717) is 17.3 Å². The molecule has 21 heavy (non-hydrogen) atoms. The van der Waals surface area contributed by atoms with Crippen LogP contribution >= 0.6 is 11.6 Å². The Balaban J connectivity index is 1.75. The first kappa shape index (κ1) is 15.4. The molecule has 0 aliphatic rings. The number of hydrogen-bond acceptors (Lipinski definition) is 2. The predicted molar refractivity (Wildman–Crippen MR) is 84.6 cm³/mol. The summed E-state index contributed by atoms with van der Waals surface area (Å²) in [5.74, 6) is 0.286. The van der Waals surface area contributed by atoms with Gasteiger partial charge in [0.15, 0.2) is 0 Å². The second kappa shape index (κ2) is 7.13. The maximum atomic E-state index is 11.8. The molecule has 0 aliphatic heterocycles. The molecule has 2 N–H and O–H groups in total. The Kier molecular flexibility index (Phi) is 5.22. The number of anilines is 1. The molecular weight excluding hydrogens is 288 g/mol. The van der Waals surface area contributed by atoms with Gasteiger partial charge in [-0.25, -0.2) is 4.79 Å². The van der Waals surface area contributed by atoms with Gasteiger partial charge in [0, 0.05) is 30.0 Å². The third-order valence-electron chi connectivity index (χ3n) is 2.97. The number of carbonyl (C=O) groups is 1. The second-order valence-corrected chi connectivity index (χ2v) is 5.57. The third-order valence-corrected chi connectivity index (χ3v) is 3.20. The Labute approximate surface area is 129 Å². The van der Waals surface area contributed by atoms with Crippen LogP contribution in [-0.2, 0) is 6.54 Å². The van der Waals surface area contributed by atoms with Crippen LogP contribution in [0.3, 0.4) is 0 Å². The standard InChI is InChI=1S/C15H19ClN4O/c1-11(10-20-7-6-12(2)19-20)9-17-15(21)18-14-5-3-4-13(16)8-14/h3-8,11H,9-10H2,1-2H3,(H2,17,18,21)/t11-/m1/s1. The molecule has 1 heterocycles. The number of benzene rings is 1. The average Bonchev–Trinajstić information content (AvgIpc) is 2.82. The Bertz CT molecular complexity index is 611. The summed E-state index contributed by atoms with van der Waals surface area (Å²) in [7, 11) is 0. The molecule has 0 unspecified atom stereocenters. The van der Waals surface area contributed by atoms with Crippen molar-refractivity contribution in [1.29, 1.82) is 0 Å². The number of nitrogens with one attached hydrogen (secondary N) is 2. The summed E-state index contributed by atoms with van der Waals surface area (Å²) in [4.78, 5) is 11.8. The van der Waals surface area contributed by atoms with Crippen molar-refractivity contribution in [3.63, 3.8) is 0 Å². The van der Waals surface area contributed by atoms with Gasteiger partial charge in [-0.15, -0.1) is 0 Å². The average molecular weight is 307 g/mol.